The standard InChI is InChI=1S/C12H12N2O2/c1-16-12-7-10(3-4-11(12)9-15)8-14-6-2-5-13-14/h2-7,9H,8H2,1H3. The number of aldehydes is 1. The summed E-state index contributed by atoms with van der Waals surface area (Å²) in [5.74, 6) is 0.597. The van der Waals surface area contributed by atoms with Crippen LogP contribution in [0.25, 0.3) is 0 Å². The molecule has 0 N–H and O–H groups in total. The van der Waals surface area contributed by atoms with Crippen LogP contribution in [0.5, 0.6) is 5.75 Å². The lowest BCUT2D eigenvalue weighted by atomic mass is 10.1. The Hall–Kier alpha value is -2.10. The zero-order valence-electron chi connectivity index (χ0n) is 8.96. The largest absolute Gasteiger partial charge is 0.496 e. The molecule has 4 nitrogen and oxygen atoms in total. The summed E-state index contributed by atoms with van der Waals surface area (Å²) in [5, 5.41) is 4.12. The molecule has 0 aliphatic rings. The average Bonchev–Trinajstić information content (AvgIpc) is 2.81. The maximum absolute atomic E-state index is 10.7. The van der Waals surface area contributed by atoms with Gasteiger partial charge in [-0.1, -0.05) is 6.07 Å². The van der Waals surface area contributed by atoms with Crippen molar-refractivity contribution in [3.8, 4) is 5.75 Å². The molecule has 0 saturated heterocycles. The number of aromatic nitrogens is 2. The monoisotopic (exact) mass is 216 g/mol. The molecule has 1 aromatic carbocycles. The van der Waals surface area contributed by atoms with Gasteiger partial charge >= 0.3 is 0 Å². The van der Waals surface area contributed by atoms with Crippen LogP contribution in [0, 0.1) is 0 Å². The van der Waals surface area contributed by atoms with Gasteiger partial charge in [-0.05, 0) is 23.8 Å². The van der Waals surface area contributed by atoms with Crippen LogP contribution >= 0.6 is 0 Å². The van der Waals surface area contributed by atoms with Gasteiger partial charge in [0.25, 0.3) is 0 Å². The van der Waals surface area contributed by atoms with Crippen molar-refractivity contribution in [2.75, 3.05) is 7.11 Å². The molecule has 0 atom stereocenters. The molecule has 82 valence electrons. The topological polar surface area (TPSA) is 44.1 Å². The van der Waals surface area contributed by atoms with Crippen LogP contribution < -0.4 is 4.74 Å². The highest BCUT2D eigenvalue weighted by Crippen LogP contribution is 2.18. The zero-order valence-corrected chi connectivity index (χ0v) is 8.96. The lowest BCUT2D eigenvalue weighted by Gasteiger charge is -2.07. The summed E-state index contributed by atoms with van der Waals surface area (Å²) in [4.78, 5) is 10.7. The second-order valence-corrected chi connectivity index (χ2v) is 3.40. The predicted molar refractivity (Wildman–Crippen MR) is 59.7 cm³/mol. The van der Waals surface area contributed by atoms with Crippen LogP contribution in [-0.2, 0) is 6.54 Å². The van der Waals surface area contributed by atoms with Crippen molar-refractivity contribution in [3.05, 3.63) is 47.8 Å². The highest BCUT2D eigenvalue weighted by Gasteiger charge is 2.03. The van der Waals surface area contributed by atoms with Crippen molar-refractivity contribution in [2.45, 2.75) is 6.54 Å². The lowest BCUT2D eigenvalue weighted by molar-refractivity contribution is 0.112. The van der Waals surface area contributed by atoms with Gasteiger partial charge in [0.05, 0.1) is 19.2 Å². The number of carbonyl (C=O) groups is 1. The smallest absolute Gasteiger partial charge is 0.153 e. The van der Waals surface area contributed by atoms with Gasteiger partial charge in [-0.3, -0.25) is 9.48 Å². The number of nitrogens with zero attached hydrogens (tertiary/aromatic N) is 2. The molecule has 0 unspecified atom stereocenters. The van der Waals surface area contributed by atoms with E-state index in [-0.39, 0.29) is 0 Å². The Kier molecular flexibility index (Phi) is 3.00. The van der Waals surface area contributed by atoms with E-state index in [1.165, 1.54) is 0 Å². The van der Waals surface area contributed by atoms with E-state index >= 15 is 0 Å². The van der Waals surface area contributed by atoms with Gasteiger partial charge in [0.1, 0.15) is 5.75 Å². The maximum atomic E-state index is 10.7. The summed E-state index contributed by atoms with van der Waals surface area (Å²) < 4.78 is 6.95. The number of carbonyl (C=O) groups excluding carboxylic acids is 1. The number of benzene rings is 1. The summed E-state index contributed by atoms with van der Waals surface area (Å²) in [7, 11) is 1.56. The molecular formula is C12H12N2O2. The average molecular weight is 216 g/mol. The normalized spacial score (nSPS) is 10.1. The van der Waals surface area contributed by atoms with Crippen molar-refractivity contribution >= 4 is 6.29 Å². The van der Waals surface area contributed by atoms with Crippen molar-refractivity contribution < 1.29 is 9.53 Å². The predicted octanol–water partition coefficient (Wildman–Crippen LogP) is 1.75. The van der Waals surface area contributed by atoms with Gasteiger partial charge in [0.2, 0.25) is 0 Å². The Balaban J connectivity index is 2.26. The molecule has 4 heteroatoms. The van der Waals surface area contributed by atoms with Crippen molar-refractivity contribution in [1.29, 1.82) is 0 Å². The fraction of sp³-hybridized carbons (Fsp3) is 0.167. The van der Waals surface area contributed by atoms with Crippen LogP contribution in [0.2, 0.25) is 0 Å². The highest BCUT2D eigenvalue weighted by atomic mass is 16.5. The van der Waals surface area contributed by atoms with Crippen LogP contribution in [0.1, 0.15) is 15.9 Å². The Labute approximate surface area is 93.5 Å². The SMILES string of the molecule is COc1cc(Cn2cccn2)ccc1C=O. The molecule has 2 rings (SSSR count). The van der Waals surface area contributed by atoms with E-state index < -0.39 is 0 Å². The Morgan fingerprint density at radius 2 is 2.38 bits per heavy atom. The van der Waals surface area contributed by atoms with Crippen LogP contribution in [0.15, 0.2) is 36.7 Å². The third-order valence-corrected chi connectivity index (χ3v) is 2.33. The number of hydrogen-bond acceptors (Lipinski definition) is 3. The van der Waals surface area contributed by atoms with Gasteiger partial charge in [-0.25, -0.2) is 0 Å². The minimum atomic E-state index is 0.562. The van der Waals surface area contributed by atoms with E-state index in [1.54, 1.807) is 19.4 Å². The first kappa shape index (κ1) is 10.4. The van der Waals surface area contributed by atoms with Gasteiger partial charge in [0, 0.05) is 12.4 Å². The Morgan fingerprint density at radius 1 is 1.50 bits per heavy atom. The maximum Gasteiger partial charge on any atom is 0.153 e. The minimum Gasteiger partial charge on any atom is -0.496 e. The molecule has 0 amide bonds. The molecular weight excluding hydrogens is 204 g/mol. The van der Waals surface area contributed by atoms with E-state index in [0.717, 1.165) is 11.8 Å². The molecule has 0 fully saturated rings. The van der Waals surface area contributed by atoms with Crippen molar-refractivity contribution in [3.63, 3.8) is 0 Å². The van der Waals surface area contributed by atoms with Crippen molar-refractivity contribution in [1.82, 2.24) is 9.78 Å². The molecule has 0 aliphatic carbocycles. The Bertz CT molecular complexity index is 478. The molecule has 1 aromatic heterocycles. The van der Waals surface area contributed by atoms with Crippen LogP contribution in [0.4, 0.5) is 0 Å². The van der Waals surface area contributed by atoms with E-state index in [2.05, 4.69) is 5.10 Å². The molecule has 0 saturated carbocycles. The van der Waals surface area contributed by atoms with Gasteiger partial charge < -0.3 is 4.74 Å². The summed E-state index contributed by atoms with van der Waals surface area (Å²) in [6.07, 6.45) is 4.41. The van der Waals surface area contributed by atoms with E-state index in [0.29, 0.717) is 17.9 Å². The fourth-order valence-electron chi connectivity index (χ4n) is 1.53. The summed E-state index contributed by atoms with van der Waals surface area (Å²) in [6, 6.07) is 7.38. The molecule has 1 heterocycles. The molecule has 0 bridgehead atoms. The van der Waals surface area contributed by atoms with E-state index in [4.69, 9.17) is 4.74 Å². The number of rotatable bonds is 4. The van der Waals surface area contributed by atoms with Crippen LogP contribution in [0.3, 0.4) is 0 Å². The van der Waals surface area contributed by atoms with E-state index in [9.17, 15) is 4.79 Å². The molecule has 0 aliphatic heterocycles. The molecule has 2 aromatic rings. The quantitative estimate of drug-likeness (QED) is 0.731. The Morgan fingerprint density at radius 3 is 3.00 bits per heavy atom. The number of hydrogen-bond donors (Lipinski definition) is 0. The molecule has 16 heavy (non-hydrogen) atoms. The zero-order chi connectivity index (χ0) is 11.4. The third kappa shape index (κ3) is 2.11. The first-order valence-electron chi connectivity index (χ1n) is 4.93. The van der Waals surface area contributed by atoms with Gasteiger partial charge in [-0.2, -0.15) is 5.10 Å². The summed E-state index contributed by atoms with van der Waals surface area (Å²) in [6.45, 7) is 0.669. The van der Waals surface area contributed by atoms with Gasteiger partial charge in [0.15, 0.2) is 6.29 Å². The summed E-state index contributed by atoms with van der Waals surface area (Å²) in [5.41, 5.74) is 1.61. The molecule has 0 radical (unpaired) electrons. The third-order valence-electron chi connectivity index (χ3n) is 2.33. The van der Waals surface area contributed by atoms with Gasteiger partial charge in [-0.15, -0.1) is 0 Å². The second kappa shape index (κ2) is 4.61. The highest BCUT2D eigenvalue weighted by molar-refractivity contribution is 5.79. The first-order valence-corrected chi connectivity index (χ1v) is 4.93. The fourth-order valence-corrected chi connectivity index (χ4v) is 1.53. The summed E-state index contributed by atoms with van der Waals surface area (Å²) >= 11 is 0. The van der Waals surface area contributed by atoms with E-state index in [1.807, 2.05) is 29.1 Å². The molecule has 0 spiro atoms. The lowest BCUT2D eigenvalue weighted by Crippen LogP contribution is -2.01. The number of ether oxygens (including phenoxy) is 1. The second-order valence-electron chi connectivity index (χ2n) is 3.40. The van der Waals surface area contributed by atoms with Crippen LogP contribution in [-0.4, -0.2) is 23.2 Å². The first-order chi connectivity index (χ1) is 7.83. The van der Waals surface area contributed by atoms with Crippen molar-refractivity contribution in [2.24, 2.45) is 0 Å². The minimum absolute atomic E-state index is 0.562. The number of methoxy groups -OCH3 is 1.